The lowest BCUT2D eigenvalue weighted by Crippen LogP contribution is -2.00. The molecule has 0 unspecified atom stereocenters. The largest absolute Gasteiger partial charge is 0.256 e. The van der Waals surface area contributed by atoms with Gasteiger partial charge in [0.05, 0.1) is 11.3 Å². The zero-order chi connectivity index (χ0) is 10.6. The highest BCUT2D eigenvalue weighted by Gasteiger charge is 2.06. The van der Waals surface area contributed by atoms with Gasteiger partial charge in [0, 0.05) is 5.69 Å². The minimum absolute atomic E-state index is 0.429. The molecule has 1 heterocycles. The number of nitriles is 1. The Morgan fingerprint density at radius 3 is 2.64 bits per heavy atom. The Hall–Kier alpha value is -1.36. The van der Waals surface area contributed by atoms with Crippen LogP contribution in [0.3, 0.4) is 0 Å². The highest BCUT2D eigenvalue weighted by Crippen LogP contribution is 2.15. The van der Waals surface area contributed by atoms with E-state index in [1.165, 1.54) is 0 Å². The average molecular weight is 188 g/mol. The summed E-state index contributed by atoms with van der Waals surface area (Å²) in [5.74, 6) is 0.429. The molecule has 0 atom stereocenters. The maximum absolute atomic E-state index is 8.88. The van der Waals surface area contributed by atoms with Crippen molar-refractivity contribution in [2.24, 2.45) is 0 Å². The molecule has 2 nitrogen and oxygen atoms in total. The highest BCUT2D eigenvalue weighted by molar-refractivity contribution is 5.34. The lowest BCUT2D eigenvalue weighted by molar-refractivity contribution is 0.789. The number of hydrogen-bond acceptors (Lipinski definition) is 2. The van der Waals surface area contributed by atoms with Crippen LogP contribution in [0.2, 0.25) is 0 Å². The van der Waals surface area contributed by atoms with E-state index in [0.717, 1.165) is 29.8 Å². The fourth-order valence-electron chi connectivity index (χ4n) is 1.37. The summed E-state index contributed by atoms with van der Waals surface area (Å²) in [5, 5.41) is 8.88. The zero-order valence-corrected chi connectivity index (χ0v) is 9.04. The predicted octanol–water partition coefficient (Wildman–Crippen LogP) is 3.03. The fourth-order valence-corrected chi connectivity index (χ4v) is 1.37. The molecule has 0 spiro atoms. The van der Waals surface area contributed by atoms with Crippen molar-refractivity contribution in [3.05, 3.63) is 29.1 Å². The van der Waals surface area contributed by atoms with Crippen LogP contribution in [0.1, 0.15) is 50.1 Å². The molecule has 1 rings (SSSR count). The Kier molecular flexibility index (Phi) is 3.64. The maximum atomic E-state index is 8.88. The van der Waals surface area contributed by atoms with Crippen LogP contribution in [0.25, 0.3) is 0 Å². The molecule has 0 aliphatic carbocycles. The second-order valence-corrected chi connectivity index (χ2v) is 3.75. The lowest BCUT2D eigenvalue weighted by Gasteiger charge is -2.07. The number of rotatable bonds is 3. The van der Waals surface area contributed by atoms with Gasteiger partial charge in [0.1, 0.15) is 6.07 Å². The first-order chi connectivity index (χ1) is 6.69. The van der Waals surface area contributed by atoms with Gasteiger partial charge in [-0.25, -0.2) is 0 Å². The fraction of sp³-hybridized carbons (Fsp3) is 0.500. The van der Waals surface area contributed by atoms with Gasteiger partial charge in [-0.05, 0) is 24.5 Å². The third-order valence-electron chi connectivity index (χ3n) is 2.19. The van der Waals surface area contributed by atoms with E-state index in [-0.39, 0.29) is 0 Å². The highest BCUT2D eigenvalue weighted by atomic mass is 14.7. The second kappa shape index (κ2) is 4.76. The van der Waals surface area contributed by atoms with Gasteiger partial charge in [0.25, 0.3) is 0 Å². The third kappa shape index (κ3) is 2.32. The van der Waals surface area contributed by atoms with E-state index in [0.29, 0.717) is 5.92 Å². The molecule has 74 valence electrons. The molecular formula is C12H16N2. The van der Waals surface area contributed by atoms with Crippen molar-refractivity contribution in [2.75, 3.05) is 0 Å². The van der Waals surface area contributed by atoms with Crippen molar-refractivity contribution < 1.29 is 0 Å². The van der Waals surface area contributed by atoms with Crippen molar-refractivity contribution >= 4 is 0 Å². The smallest absolute Gasteiger partial charge is 0.101 e. The third-order valence-corrected chi connectivity index (χ3v) is 2.19. The summed E-state index contributed by atoms with van der Waals surface area (Å²) in [5.41, 5.74) is 2.74. The number of aromatic nitrogens is 1. The van der Waals surface area contributed by atoms with Gasteiger partial charge < -0.3 is 0 Å². The van der Waals surface area contributed by atoms with E-state index in [1.807, 2.05) is 12.1 Å². The molecule has 0 saturated heterocycles. The van der Waals surface area contributed by atoms with Crippen molar-refractivity contribution in [1.29, 1.82) is 5.26 Å². The molecule has 0 amide bonds. The topological polar surface area (TPSA) is 36.7 Å². The Balaban J connectivity index is 3.09. The molecular weight excluding hydrogens is 172 g/mol. The Labute approximate surface area is 85.6 Å². The van der Waals surface area contributed by atoms with E-state index >= 15 is 0 Å². The van der Waals surface area contributed by atoms with Gasteiger partial charge in [0.2, 0.25) is 0 Å². The summed E-state index contributed by atoms with van der Waals surface area (Å²) in [4.78, 5) is 4.51. The first-order valence-electron chi connectivity index (χ1n) is 5.09. The summed E-state index contributed by atoms with van der Waals surface area (Å²) in [6.45, 7) is 6.33. The van der Waals surface area contributed by atoms with Crippen molar-refractivity contribution in [3.63, 3.8) is 0 Å². The predicted molar refractivity (Wildman–Crippen MR) is 57.0 cm³/mol. The van der Waals surface area contributed by atoms with E-state index < -0.39 is 0 Å². The summed E-state index contributed by atoms with van der Waals surface area (Å²) in [7, 11) is 0. The average Bonchev–Trinajstić information content (AvgIpc) is 2.18. The van der Waals surface area contributed by atoms with Crippen LogP contribution in [0, 0.1) is 11.3 Å². The zero-order valence-electron chi connectivity index (χ0n) is 9.04. The van der Waals surface area contributed by atoms with Gasteiger partial charge in [-0.2, -0.15) is 5.26 Å². The monoisotopic (exact) mass is 188 g/mol. The van der Waals surface area contributed by atoms with E-state index in [9.17, 15) is 0 Å². The molecule has 0 aromatic carbocycles. The molecule has 0 saturated carbocycles. The van der Waals surface area contributed by atoms with Crippen LogP contribution in [0.5, 0.6) is 0 Å². The summed E-state index contributed by atoms with van der Waals surface area (Å²) < 4.78 is 0. The minimum Gasteiger partial charge on any atom is -0.256 e. The SMILES string of the molecule is CCCc1nc(C(C)C)ccc1C#N. The lowest BCUT2D eigenvalue weighted by atomic mass is 10.1. The number of aryl methyl sites for hydroxylation is 1. The maximum Gasteiger partial charge on any atom is 0.101 e. The van der Waals surface area contributed by atoms with E-state index in [1.54, 1.807) is 0 Å². The molecule has 2 heteroatoms. The molecule has 0 bridgehead atoms. The van der Waals surface area contributed by atoms with Crippen LogP contribution in [0.15, 0.2) is 12.1 Å². The van der Waals surface area contributed by atoms with Crippen molar-refractivity contribution in [3.8, 4) is 6.07 Å². The Bertz CT molecular complexity index is 348. The number of nitrogens with zero attached hydrogens (tertiary/aromatic N) is 2. The van der Waals surface area contributed by atoms with Crippen molar-refractivity contribution in [1.82, 2.24) is 4.98 Å². The molecule has 0 radical (unpaired) electrons. The molecule has 14 heavy (non-hydrogen) atoms. The van der Waals surface area contributed by atoms with Crippen LogP contribution in [0.4, 0.5) is 0 Å². The van der Waals surface area contributed by atoms with Crippen molar-refractivity contribution in [2.45, 2.75) is 39.5 Å². The summed E-state index contributed by atoms with van der Waals surface area (Å²) >= 11 is 0. The number of pyridine rings is 1. The van der Waals surface area contributed by atoms with E-state index in [2.05, 4.69) is 31.8 Å². The van der Waals surface area contributed by atoms with Gasteiger partial charge in [0.15, 0.2) is 0 Å². The summed E-state index contributed by atoms with van der Waals surface area (Å²) in [6, 6.07) is 6.01. The van der Waals surface area contributed by atoms with Crippen LogP contribution in [-0.2, 0) is 6.42 Å². The van der Waals surface area contributed by atoms with Gasteiger partial charge in [-0.3, -0.25) is 4.98 Å². The minimum atomic E-state index is 0.429. The standard InChI is InChI=1S/C12H16N2/c1-4-5-12-10(8-13)6-7-11(14-12)9(2)3/h6-7,9H,4-5H2,1-3H3. The Morgan fingerprint density at radius 1 is 1.43 bits per heavy atom. The molecule has 1 aromatic rings. The van der Waals surface area contributed by atoms with Crippen LogP contribution in [-0.4, -0.2) is 4.98 Å². The quantitative estimate of drug-likeness (QED) is 0.731. The van der Waals surface area contributed by atoms with Crippen LogP contribution >= 0.6 is 0 Å². The molecule has 0 aliphatic rings. The first kappa shape index (κ1) is 10.7. The normalized spacial score (nSPS) is 10.2. The van der Waals surface area contributed by atoms with Gasteiger partial charge >= 0.3 is 0 Å². The second-order valence-electron chi connectivity index (χ2n) is 3.75. The first-order valence-corrected chi connectivity index (χ1v) is 5.09. The molecule has 1 aromatic heterocycles. The van der Waals surface area contributed by atoms with Gasteiger partial charge in [-0.15, -0.1) is 0 Å². The Morgan fingerprint density at radius 2 is 2.14 bits per heavy atom. The number of hydrogen-bond donors (Lipinski definition) is 0. The molecule has 0 fully saturated rings. The molecule has 0 aliphatic heterocycles. The van der Waals surface area contributed by atoms with E-state index in [4.69, 9.17) is 5.26 Å². The summed E-state index contributed by atoms with van der Waals surface area (Å²) in [6.07, 6.45) is 1.92. The van der Waals surface area contributed by atoms with Crippen LogP contribution < -0.4 is 0 Å². The van der Waals surface area contributed by atoms with Gasteiger partial charge in [-0.1, -0.05) is 27.2 Å². The molecule has 0 N–H and O–H groups in total.